The van der Waals surface area contributed by atoms with E-state index in [0.717, 1.165) is 25.6 Å². The van der Waals surface area contributed by atoms with Gasteiger partial charge in [-0.1, -0.05) is 17.8 Å². The van der Waals surface area contributed by atoms with Crippen LogP contribution in [0.25, 0.3) is 0 Å². The zero-order chi connectivity index (χ0) is 13.8. The molecule has 2 aromatic rings. The Morgan fingerprint density at radius 3 is 2.37 bits per heavy atom. The van der Waals surface area contributed by atoms with Crippen molar-refractivity contribution in [3.63, 3.8) is 0 Å². The molecule has 0 bridgehead atoms. The minimum atomic E-state index is -0.448. The first kappa shape index (κ1) is 14.4. The van der Waals surface area contributed by atoms with Crippen LogP contribution in [0, 0.1) is 0 Å². The predicted molar refractivity (Wildman–Crippen MR) is 81.9 cm³/mol. The maximum atomic E-state index is 9.54. The zero-order valence-corrected chi connectivity index (χ0v) is 13.2. The predicted octanol–water partition coefficient (Wildman–Crippen LogP) is 4.66. The summed E-state index contributed by atoms with van der Waals surface area (Å²) in [6.45, 7) is 1.76. The van der Waals surface area contributed by atoms with Crippen LogP contribution in [0.4, 0.5) is 0 Å². The molecule has 19 heavy (non-hydrogen) atoms. The van der Waals surface area contributed by atoms with Crippen LogP contribution in [0.5, 0.6) is 5.75 Å². The van der Waals surface area contributed by atoms with Gasteiger partial charge in [0.2, 0.25) is 0 Å². The Kier molecular flexibility index (Phi) is 4.91. The molecule has 4 heteroatoms. The summed E-state index contributed by atoms with van der Waals surface area (Å²) in [6.07, 6.45) is -0.448. The highest BCUT2D eigenvalue weighted by molar-refractivity contribution is 9.10. The van der Waals surface area contributed by atoms with Crippen molar-refractivity contribution in [2.75, 3.05) is 7.11 Å². The van der Waals surface area contributed by atoms with Gasteiger partial charge in [0.1, 0.15) is 5.75 Å². The second kappa shape index (κ2) is 6.46. The average molecular weight is 339 g/mol. The van der Waals surface area contributed by atoms with Gasteiger partial charge >= 0.3 is 0 Å². The quantitative estimate of drug-likeness (QED) is 0.878. The van der Waals surface area contributed by atoms with Crippen molar-refractivity contribution < 1.29 is 9.84 Å². The van der Waals surface area contributed by atoms with E-state index in [1.807, 2.05) is 42.5 Å². The van der Waals surface area contributed by atoms with E-state index < -0.39 is 6.10 Å². The summed E-state index contributed by atoms with van der Waals surface area (Å²) in [7, 11) is 1.66. The lowest BCUT2D eigenvalue weighted by molar-refractivity contribution is 0.199. The van der Waals surface area contributed by atoms with Gasteiger partial charge in [0.05, 0.1) is 13.2 Å². The van der Waals surface area contributed by atoms with E-state index >= 15 is 0 Å². The van der Waals surface area contributed by atoms with E-state index in [1.165, 1.54) is 0 Å². The maximum absolute atomic E-state index is 9.54. The molecule has 0 aliphatic carbocycles. The molecule has 0 amide bonds. The molecule has 0 aliphatic heterocycles. The maximum Gasteiger partial charge on any atom is 0.118 e. The van der Waals surface area contributed by atoms with Crippen molar-refractivity contribution >= 4 is 27.7 Å². The highest BCUT2D eigenvalue weighted by Crippen LogP contribution is 2.35. The molecule has 2 aromatic carbocycles. The molecule has 0 fully saturated rings. The van der Waals surface area contributed by atoms with E-state index in [2.05, 4.69) is 15.9 Å². The molecule has 0 radical (unpaired) electrons. The van der Waals surface area contributed by atoms with Crippen molar-refractivity contribution in [3.8, 4) is 5.75 Å². The fourth-order valence-electron chi connectivity index (χ4n) is 1.63. The van der Waals surface area contributed by atoms with Gasteiger partial charge in [0.15, 0.2) is 0 Å². The van der Waals surface area contributed by atoms with Gasteiger partial charge in [-0.05, 0) is 64.8 Å². The van der Waals surface area contributed by atoms with Gasteiger partial charge in [-0.25, -0.2) is 0 Å². The summed E-state index contributed by atoms with van der Waals surface area (Å²) in [5.74, 6) is 0.855. The molecule has 0 aromatic heterocycles. The molecule has 100 valence electrons. The number of halogens is 1. The first-order valence-electron chi connectivity index (χ1n) is 5.89. The SMILES string of the molecule is COc1ccc(Sc2ccc([C@@H](C)O)cc2Br)cc1. The standard InChI is InChI=1S/C15H15BrO2S/c1-10(17)11-3-8-15(14(16)9-11)19-13-6-4-12(18-2)5-7-13/h3-10,17H,1-2H3/t10-/m1/s1. The van der Waals surface area contributed by atoms with Crippen molar-refractivity contribution in [2.24, 2.45) is 0 Å². The molecule has 0 spiro atoms. The Morgan fingerprint density at radius 1 is 1.16 bits per heavy atom. The summed E-state index contributed by atoms with van der Waals surface area (Å²) in [5.41, 5.74) is 0.908. The van der Waals surface area contributed by atoms with E-state index in [0.29, 0.717) is 0 Å². The third kappa shape index (κ3) is 3.75. The number of benzene rings is 2. The van der Waals surface area contributed by atoms with Gasteiger partial charge in [0, 0.05) is 14.3 Å². The smallest absolute Gasteiger partial charge is 0.118 e. The molecule has 0 heterocycles. The molecule has 0 saturated heterocycles. The van der Waals surface area contributed by atoms with E-state index in [4.69, 9.17) is 4.74 Å². The van der Waals surface area contributed by atoms with Crippen molar-refractivity contribution in [1.82, 2.24) is 0 Å². The van der Waals surface area contributed by atoms with Gasteiger partial charge in [-0.2, -0.15) is 0 Å². The summed E-state index contributed by atoms with van der Waals surface area (Å²) < 4.78 is 6.13. The Balaban J connectivity index is 2.18. The number of aliphatic hydroxyl groups excluding tert-OH is 1. The molecule has 1 N–H and O–H groups in total. The summed E-state index contributed by atoms with van der Waals surface area (Å²) in [4.78, 5) is 2.26. The minimum Gasteiger partial charge on any atom is -0.497 e. The topological polar surface area (TPSA) is 29.5 Å². The lowest BCUT2D eigenvalue weighted by Crippen LogP contribution is -1.90. The van der Waals surface area contributed by atoms with Gasteiger partial charge in [0.25, 0.3) is 0 Å². The molecular weight excluding hydrogens is 324 g/mol. The monoisotopic (exact) mass is 338 g/mol. The van der Waals surface area contributed by atoms with Crippen LogP contribution >= 0.6 is 27.7 Å². The number of aliphatic hydroxyl groups is 1. The summed E-state index contributed by atoms with van der Waals surface area (Å²) in [5, 5.41) is 9.54. The number of hydrogen-bond donors (Lipinski definition) is 1. The van der Waals surface area contributed by atoms with Crippen LogP contribution in [0.3, 0.4) is 0 Å². The van der Waals surface area contributed by atoms with E-state index in [-0.39, 0.29) is 0 Å². The van der Waals surface area contributed by atoms with Gasteiger partial charge in [-0.3, -0.25) is 0 Å². The van der Waals surface area contributed by atoms with Crippen molar-refractivity contribution in [2.45, 2.75) is 22.8 Å². The number of ether oxygens (including phenoxy) is 1. The van der Waals surface area contributed by atoms with Crippen LogP contribution in [-0.2, 0) is 0 Å². The van der Waals surface area contributed by atoms with Crippen LogP contribution in [0.2, 0.25) is 0 Å². The highest BCUT2D eigenvalue weighted by atomic mass is 79.9. The lowest BCUT2D eigenvalue weighted by Gasteiger charge is -2.09. The second-order valence-electron chi connectivity index (χ2n) is 4.14. The van der Waals surface area contributed by atoms with Gasteiger partial charge < -0.3 is 9.84 Å². The molecule has 0 unspecified atom stereocenters. The number of methoxy groups -OCH3 is 1. The van der Waals surface area contributed by atoms with E-state index in [1.54, 1.807) is 25.8 Å². The molecular formula is C15H15BrO2S. The first-order chi connectivity index (χ1) is 9.10. The Morgan fingerprint density at radius 2 is 1.84 bits per heavy atom. The fraction of sp³-hybridized carbons (Fsp3) is 0.200. The molecule has 2 rings (SSSR count). The van der Waals surface area contributed by atoms with Crippen LogP contribution in [0.15, 0.2) is 56.7 Å². The third-order valence-electron chi connectivity index (χ3n) is 2.73. The van der Waals surface area contributed by atoms with Crippen molar-refractivity contribution in [3.05, 3.63) is 52.5 Å². The zero-order valence-electron chi connectivity index (χ0n) is 10.8. The van der Waals surface area contributed by atoms with Crippen LogP contribution < -0.4 is 4.74 Å². The normalized spacial score (nSPS) is 12.2. The summed E-state index contributed by atoms with van der Waals surface area (Å²) >= 11 is 5.21. The van der Waals surface area contributed by atoms with Crippen molar-refractivity contribution in [1.29, 1.82) is 0 Å². The van der Waals surface area contributed by atoms with Crippen LogP contribution in [-0.4, -0.2) is 12.2 Å². The largest absolute Gasteiger partial charge is 0.497 e. The van der Waals surface area contributed by atoms with Gasteiger partial charge in [-0.15, -0.1) is 0 Å². The van der Waals surface area contributed by atoms with Crippen LogP contribution in [0.1, 0.15) is 18.6 Å². The highest BCUT2D eigenvalue weighted by Gasteiger charge is 2.07. The number of hydrogen-bond acceptors (Lipinski definition) is 3. The fourth-order valence-corrected chi connectivity index (χ4v) is 3.09. The minimum absolute atomic E-state index is 0.448. The lowest BCUT2D eigenvalue weighted by atomic mass is 10.1. The first-order valence-corrected chi connectivity index (χ1v) is 7.50. The number of rotatable bonds is 4. The Hall–Kier alpha value is -0.970. The average Bonchev–Trinajstić information content (AvgIpc) is 2.41. The molecule has 1 atom stereocenters. The Labute approximate surface area is 125 Å². The Bertz CT molecular complexity index is 553. The molecule has 2 nitrogen and oxygen atoms in total. The van der Waals surface area contributed by atoms with E-state index in [9.17, 15) is 5.11 Å². The molecule has 0 aliphatic rings. The summed E-state index contributed by atoms with van der Waals surface area (Å²) in [6, 6.07) is 13.9. The second-order valence-corrected chi connectivity index (χ2v) is 6.11. The third-order valence-corrected chi connectivity index (χ3v) is 4.73. The molecule has 0 saturated carbocycles.